The van der Waals surface area contributed by atoms with Crippen LogP contribution >= 0.6 is 36.4 Å². The quantitative estimate of drug-likeness (QED) is 0.772. The Kier molecular flexibility index (Phi) is 10.7. The molecule has 8 heteroatoms. The maximum atomic E-state index is 11.8. The molecule has 1 heterocycles. The summed E-state index contributed by atoms with van der Waals surface area (Å²) in [4.78, 5) is 14.1. The zero-order chi connectivity index (χ0) is 16.1. The van der Waals surface area contributed by atoms with Gasteiger partial charge in [0, 0.05) is 37.5 Å². The minimum Gasteiger partial charge on any atom is -0.383 e. The number of nitrogens with two attached hydrogens (primary N) is 1. The predicted octanol–water partition coefficient (Wildman–Crippen LogP) is 2.41. The van der Waals surface area contributed by atoms with Crippen LogP contribution in [0.5, 0.6) is 0 Å². The predicted molar refractivity (Wildman–Crippen MR) is 104 cm³/mol. The summed E-state index contributed by atoms with van der Waals surface area (Å²) in [5.74, 6) is 0.274. The van der Waals surface area contributed by atoms with Crippen LogP contribution in [-0.4, -0.2) is 45.3 Å². The molecular formula is C16H26Cl3N3O2. The van der Waals surface area contributed by atoms with Crippen LogP contribution in [0.1, 0.15) is 12.0 Å². The Balaban J connectivity index is 0.00000264. The van der Waals surface area contributed by atoms with Gasteiger partial charge in [-0.2, -0.15) is 0 Å². The third kappa shape index (κ3) is 6.30. The van der Waals surface area contributed by atoms with Crippen molar-refractivity contribution in [2.75, 3.05) is 38.3 Å². The molecule has 3 N–H and O–H groups in total. The molecule has 5 nitrogen and oxygen atoms in total. The number of hydrogen-bond donors (Lipinski definition) is 2. The Morgan fingerprint density at radius 1 is 1.50 bits per heavy atom. The lowest BCUT2D eigenvalue weighted by atomic mass is 10.1. The highest BCUT2D eigenvalue weighted by molar-refractivity contribution is 6.30. The summed E-state index contributed by atoms with van der Waals surface area (Å²) in [7, 11) is 1.54. The number of aryl methyl sites for hydroxylation is 1. The van der Waals surface area contributed by atoms with E-state index in [1.54, 1.807) is 0 Å². The van der Waals surface area contributed by atoms with E-state index in [0.717, 1.165) is 24.5 Å². The maximum absolute atomic E-state index is 11.8. The van der Waals surface area contributed by atoms with Crippen molar-refractivity contribution in [1.82, 2.24) is 5.32 Å². The maximum Gasteiger partial charge on any atom is 0.239 e. The number of carbonyl (C=O) groups excluding carboxylic acids is 1. The molecular weight excluding hydrogens is 373 g/mol. The zero-order valence-corrected chi connectivity index (χ0v) is 16.3. The lowest BCUT2D eigenvalue weighted by molar-refractivity contribution is -0.123. The number of halogens is 3. The summed E-state index contributed by atoms with van der Waals surface area (Å²) in [6.07, 6.45) is 1.05. The molecule has 1 aliphatic rings. The van der Waals surface area contributed by atoms with Gasteiger partial charge in [-0.05, 0) is 37.0 Å². The first-order chi connectivity index (χ1) is 10.5. The van der Waals surface area contributed by atoms with Crippen molar-refractivity contribution in [2.24, 2.45) is 11.7 Å². The molecule has 1 amide bonds. The van der Waals surface area contributed by atoms with Crippen molar-refractivity contribution in [2.45, 2.75) is 19.4 Å². The molecule has 0 spiro atoms. The van der Waals surface area contributed by atoms with Crippen molar-refractivity contribution in [3.63, 3.8) is 0 Å². The zero-order valence-electron chi connectivity index (χ0n) is 14.0. The molecule has 2 rings (SSSR count). The standard InChI is InChI=1S/C16H24ClN3O2.2ClH/c1-11-3-4-13(17)7-15(11)20-6-5-12(9-20)8-19-16(21)14(18)10-22-2;;/h3-4,7,12,14H,5-6,8-10,18H2,1-2H3,(H,19,21);2*1H. The van der Waals surface area contributed by atoms with E-state index in [4.69, 9.17) is 22.1 Å². The highest BCUT2D eigenvalue weighted by atomic mass is 35.5. The first kappa shape index (κ1) is 23.3. The third-order valence-corrected chi connectivity index (χ3v) is 4.28. The van der Waals surface area contributed by atoms with Gasteiger partial charge in [-0.25, -0.2) is 0 Å². The Hall–Kier alpha value is -0.720. The monoisotopic (exact) mass is 397 g/mol. The number of anilines is 1. The van der Waals surface area contributed by atoms with Crippen LogP contribution in [0.25, 0.3) is 0 Å². The van der Waals surface area contributed by atoms with Gasteiger partial charge >= 0.3 is 0 Å². The molecule has 1 fully saturated rings. The molecule has 1 saturated heterocycles. The Morgan fingerprint density at radius 3 is 2.88 bits per heavy atom. The van der Waals surface area contributed by atoms with Crippen molar-refractivity contribution in [3.05, 3.63) is 28.8 Å². The normalized spacial score (nSPS) is 17.7. The Labute approximate surface area is 161 Å². The lowest BCUT2D eigenvalue weighted by Crippen LogP contribution is -2.45. The first-order valence-corrected chi connectivity index (χ1v) is 7.92. The molecule has 0 aliphatic carbocycles. The highest BCUT2D eigenvalue weighted by Crippen LogP contribution is 2.29. The SMILES string of the molecule is COCC(N)C(=O)NCC1CCN(c2cc(Cl)ccc2C)C1.Cl.Cl. The topological polar surface area (TPSA) is 67.6 Å². The third-order valence-electron chi connectivity index (χ3n) is 4.05. The van der Waals surface area contributed by atoms with Gasteiger partial charge in [-0.1, -0.05) is 17.7 Å². The van der Waals surface area contributed by atoms with Gasteiger partial charge in [-0.3, -0.25) is 4.79 Å². The number of hydrogen-bond acceptors (Lipinski definition) is 4. The number of nitrogens with zero attached hydrogens (tertiary/aromatic N) is 1. The average Bonchev–Trinajstić information content (AvgIpc) is 2.96. The number of methoxy groups -OCH3 is 1. The molecule has 0 bridgehead atoms. The fourth-order valence-electron chi connectivity index (χ4n) is 2.77. The molecule has 1 aliphatic heterocycles. The summed E-state index contributed by atoms with van der Waals surface area (Å²) in [6, 6.07) is 5.35. The van der Waals surface area contributed by atoms with Crippen LogP contribution < -0.4 is 16.0 Å². The Bertz CT molecular complexity index is 531. The van der Waals surface area contributed by atoms with Gasteiger partial charge in [0.05, 0.1) is 6.61 Å². The van der Waals surface area contributed by atoms with E-state index in [1.165, 1.54) is 18.4 Å². The van der Waals surface area contributed by atoms with Crippen LogP contribution in [0.4, 0.5) is 5.69 Å². The molecule has 138 valence electrons. The van der Waals surface area contributed by atoms with E-state index < -0.39 is 6.04 Å². The molecule has 0 saturated carbocycles. The van der Waals surface area contributed by atoms with Crippen molar-refractivity contribution in [3.8, 4) is 0 Å². The van der Waals surface area contributed by atoms with Crippen molar-refractivity contribution < 1.29 is 9.53 Å². The van der Waals surface area contributed by atoms with Gasteiger partial charge in [0.15, 0.2) is 0 Å². The van der Waals surface area contributed by atoms with Crippen LogP contribution in [0.3, 0.4) is 0 Å². The summed E-state index contributed by atoms with van der Waals surface area (Å²) in [5, 5.41) is 3.66. The second kappa shape index (κ2) is 11.0. The summed E-state index contributed by atoms with van der Waals surface area (Å²) >= 11 is 6.09. The van der Waals surface area contributed by atoms with E-state index in [1.807, 2.05) is 18.2 Å². The Morgan fingerprint density at radius 2 is 2.21 bits per heavy atom. The van der Waals surface area contributed by atoms with Gasteiger partial charge in [0.25, 0.3) is 0 Å². The molecule has 2 unspecified atom stereocenters. The van der Waals surface area contributed by atoms with Crippen LogP contribution in [-0.2, 0) is 9.53 Å². The first-order valence-electron chi connectivity index (χ1n) is 7.54. The lowest BCUT2D eigenvalue weighted by Gasteiger charge is -2.21. The molecule has 1 aromatic rings. The minimum absolute atomic E-state index is 0. The fourth-order valence-corrected chi connectivity index (χ4v) is 2.94. The number of carbonyl (C=O) groups is 1. The average molecular weight is 399 g/mol. The minimum atomic E-state index is -0.599. The van der Waals surface area contributed by atoms with Crippen LogP contribution in [0.15, 0.2) is 18.2 Å². The number of amides is 1. The smallest absolute Gasteiger partial charge is 0.239 e. The second-order valence-corrected chi connectivity index (χ2v) is 6.27. The number of nitrogens with one attached hydrogen (secondary N) is 1. The van der Waals surface area contributed by atoms with E-state index in [0.29, 0.717) is 12.5 Å². The highest BCUT2D eigenvalue weighted by Gasteiger charge is 2.25. The van der Waals surface area contributed by atoms with Crippen LogP contribution in [0, 0.1) is 12.8 Å². The molecule has 0 aromatic heterocycles. The molecule has 1 aromatic carbocycles. The molecule has 2 atom stereocenters. The van der Waals surface area contributed by atoms with Crippen LogP contribution in [0.2, 0.25) is 5.02 Å². The van der Waals surface area contributed by atoms with Gasteiger partial charge < -0.3 is 20.7 Å². The van der Waals surface area contributed by atoms with Crippen molar-refractivity contribution in [1.29, 1.82) is 0 Å². The summed E-state index contributed by atoms with van der Waals surface area (Å²) in [6.45, 7) is 4.87. The van der Waals surface area contributed by atoms with E-state index >= 15 is 0 Å². The number of benzene rings is 1. The van der Waals surface area contributed by atoms with E-state index in [2.05, 4.69) is 17.1 Å². The molecule has 0 radical (unpaired) electrons. The fraction of sp³-hybridized carbons (Fsp3) is 0.562. The number of rotatable bonds is 6. The van der Waals surface area contributed by atoms with Gasteiger partial charge in [0.2, 0.25) is 5.91 Å². The summed E-state index contributed by atoms with van der Waals surface area (Å²) in [5.41, 5.74) is 8.10. The van der Waals surface area contributed by atoms with Gasteiger partial charge in [-0.15, -0.1) is 24.8 Å². The number of ether oxygens (including phenoxy) is 1. The van der Waals surface area contributed by atoms with Gasteiger partial charge in [0.1, 0.15) is 6.04 Å². The van der Waals surface area contributed by atoms with E-state index in [-0.39, 0.29) is 37.3 Å². The molecule has 24 heavy (non-hydrogen) atoms. The van der Waals surface area contributed by atoms with Crippen molar-refractivity contribution >= 4 is 48.0 Å². The second-order valence-electron chi connectivity index (χ2n) is 5.84. The largest absolute Gasteiger partial charge is 0.383 e. The van der Waals surface area contributed by atoms with E-state index in [9.17, 15) is 4.79 Å². The summed E-state index contributed by atoms with van der Waals surface area (Å²) < 4.78 is 4.89.